The van der Waals surface area contributed by atoms with E-state index >= 15 is 0 Å². The van der Waals surface area contributed by atoms with Crippen molar-refractivity contribution in [2.45, 2.75) is 18.9 Å². The molecule has 1 aliphatic rings. The van der Waals surface area contributed by atoms with Gasteiger partial charge in [0.15, 0.2) is 0 Å². The lowest BCUT2D eigenvalue weighted by Gasteiger charge is -2.17. The van der Waals surface area contributed by atoms with Gasteiger partial charge in [-0.05, 0) is 6.42 Å². The second-order valence-corrected chi connectivity index (χ2v) is 2.57. The highest BCUT2D eigenvalue weighted by atomic mass is 16.2. The van der Waals surface area contributed by atoms with Crippen LogP contribution in [0.15, 0.2) is 0 Å². The molecule has 3 N–H and O–H groups in total. The Morgan fingerprint density at radius 1 is 1.82 bits per heavy atom. The molecule has 0 aromatic heterocycles. The van der Waals surface area contributed by atoms with Crippen molar-refractivity contribution < 1.29 is 9.59 Å². The molecule has 1 heterocycles. The Hall–Kier alpha value is -1.10. The summed E-state index contributed by atoms with van der Waals surface area (Å²) in [6.45, 7) is 0. The molecule has 0 bridgehead atoms. The van der Waals surface area contributed by atoms with Gasteiger partial charge >= 0.3 is 0 Å². The maximum atomic E-state index is 10.9. The van der Waals surface area contributed by atoms with Crippen molar-refractivity contribution in [3.8, 4) is 0 Å². The first kappa shape index (κ1) is 8.00. The Kier molecular flexibility index (Phi) is 2.09. The topological polar surface area (TPSA) is 75.4 Å². The molecule has 0 aromatic rings. The van der Waals surface area contributed by atoms with E-state index in [2.05, 4.69) is 0 Å². The first-order valence-electron chi connectivity index (χ1n) is 3.43. The first-order valence-corrected chi connectivity index (χ1v) is 3.43. The van der Waals surface area contributed by atoms with Crippen molar-refractivity contribution in [2.75, 3.05) is 7.05 Å². The number of hydrogen-bond donors (Lipinski definition) is 2. The average Bonchev–Trinajstić information content (AvgIpc) is 2.32. The van der Waals surface area contributed by atoms with Crippen molar-refractivity contribution in [1.29, 1.82) is 0 Å². The smallest absolute Gasteiger partial charge is 0.256 e. The highest BCUT2D eigenvalue weighted by Crippen LogP contribution is 2.15. The highest BCUT2D eigenvalue weighted by molar-refractivity contribution is 5.90. The molecule has 0 aromatic carbocycles. The summed E-state index contributed by atoms with van der Waals surface area (Å²) in [5.74, 6) is 4.63. The average molecular weight is 157 g/mol. The number of hydrogen-bond acceptors (Lipinski definition) is 3. The van der Waals surface area contributed by atoms with Crippen LogP contribution in [0.25, 0.3) is 0 Å². The minimum atomic E-state index is -0.368. The molecule has 1 atom stereocenters. The Morgan fingerprint density at radius 3 is 2.82 bits per heavy atom. The van der Waals surface area contributed by atoms with Gasteiger partial charge in [-0.25, -0.2) is 5.84 Å². The van der Waals surface area contributed by atoms with E-state index in [1.54, 1.807) is 7.05 Å². The summed E-state index contributed by atoms with van der Waals surface area (Å²) in [6.07, 6.45) is 1.01. The van der Waals surface area contributed by atoms with Gasteiger partial charge < -0.3 is 4.90 Å². The second-order valence-electron chi connectivity index (χ2n) is 2.57. The van der Waals surface area contributed by atoms with Crippen LogP contribution in [0.4, 0.5) is 0 Å². The standard InChI is InChI=1S/C6H11N3O2/c1-9-4(6(11)8-7)2-3-5(9)10/h4H,2-3,7H2,1H3,(H,8,11). The molecule has 0 spiro atoms. The Bertz CT molecular complexity index is 192. The van der Waals surface area contributed by atoms with Gasteiger partial charge in [-0.3, -0.25) is 15.0 Å². The number of likely N-dealkylation sites (tertiary alicyclic amines) is 1. The molecule has 0 radical (unpaired) electrons. The van der Waals surface area contributed by atoms with Gasteiger partial charge in [0.25, 0.3) is 5.91 Å². The number of likely N-dealkylation sites (N-methyl/N-ethyl adjacent to an activating group) is 1. The van der Waals surface area contributed by atoms with Gasteiger partial charge in [-0.15, -0.1) is 0 Å². The molecule has 62 valence electrons. The molecular formula is C6H11N3O2. The Morgan fingerprint density at radius 2 is 2.45 bits per heavy atom. The second kappa shape index (κ2) is 2.87. The van der Waals surface area contributed by atoms with Gasteiger partial charge in [0.2, 0.25) is 5.91 Å². The van der Waals surface area contributed by atoms with E-state index in [-0.39, 0.29) is 17.9 Å². The molecule has 1 aliphatic heterocycles. The van der Waals surface area contributed by atoms with Gasteiger partial charge in [-0.1, -0.05) is 0 Å². The summed E-state index contributed by atoms with van der Waals surface area (Å²) in [5.41, 5.74) is 2.03. The number of amides is 2. The summed E-state index contributed by atoms with van der Waals surface area (Å²) in [7, 11) is 1.61. The van der Waals surface area contributed by atoms with E-state index in [1.807, 2.05) is 5.43 Å². The van der Waals surface area contributed by atoms with Crippen LogP contribution in [-0.4, -0.2) is 29.8 Å². The lowest BCUT2D eigenvalue weighted by molar-refractivity contribution is -0.133. The number of carbonyl (C=O) groups excluding carboxylic acids is 2. The summed E-state index contributed by atoms with van der Waals surface area (Å²) in [4.78, 5) is 23.3. The van der Waals surface area contributed by atoms with Crippen LogP contribution in [0.5, 0.6) is 0 Å². The Balaban J connectivity index is 2.61. The number of carbonyl (C=O) groups is 2. The van der Waals surface area contributed by atoms with E-state index in [0.29, 0.717) is 12.8 Å². The van der Waals surface area contributed by atoms with E-state index in [1.165, 1.54) is 4.90 Å². The Labute approximate surface area is 64.5 Å². The first-order chi connectivity index (χ1) is 5.16. The maximum absolute atomic E-state index is 10.9. The van der Waals surface area contributed by atoms with Crippen LogP contribution in [0.2, 0.25) is 0 Å². The predicted molar refractivity (Wildman–Crippen MR) is 38.1 cm³/mol. The van der Waals surface area contributed by atoms with Crippen LogP contribution in [-0.2, 0) is 9.59 Å². The van der Waals surface area contributed by atoms with Crippen LogP contribution in [0, 0.1) is 0 Å². The lowest BCUT2D eigenvalue weighted by atomic mass is 10.2. The van der Waals surface area contributed by atoms with E-state index in [4.69, 9.17) is 5.84 Å². The number of hydrazine groups is 1. The van der Waals surface area contributed by atoms with Crippen LogP contribution in [0.3, 0.4) is 0 Å². The molecule has 11 heavy (non-hydrogen) atoms. The molecule has 5 heteroatoms. The zero-order valence-corrected chi connectivity index (χ0v) is 6.33. The molecule has 1 unspecified atom stereocenters. The van der Waals surface area contributed by atoms with Crippen molar-refractivity contribution in [3.63, 3.8) is 0 Å². The van der Waals surface area contributed by atoms with Crippen molar-refractivity contribution in [1.82, 2.24) is 10.3 Å². The number of nitrogens with one attached hydrogen (secondary N) is 1. The molecule has 0 saturated carbocycles. The molecule has 0 aliphatic carbocycles. The highest BCUT2D eigenvalue weighted by Gasteiger charge is 2.32. The van der Waals surface area contributed by atoms with Gasteiger partial charge in [-0.2, -0.15) is 0 Å². The van der Waals surface area contributed by atoms with E-state index < -0.39 is 0 Å². The summed E-state index contributed by atoms with van der Waals surface area (Å²) in [5, 5.41) is 0. The van der Waals surface area contributed by atoms with Crippen molar-refractivity contribution >= 4 is 11.8 Å². The zero-order valence-electron chi connectivity index (χ0n) is 6.33. The lowest BCUT2D eigenvalue weighted by Crippen LogP contribution is -2.45. The minimum absolute atomic E-state index is 0.00130. The van der Waals surface area contributed by atoms with E-state index in [0.717, 1.165) is 0 Å². The van der Waals surface area contributed by atoms with E-state index in [9.17, 15) is 9.59 Å². The molecule has 1 saturated heterocycles. The fourth-order valence-corrected chi connectivity index (χ4v) is 1.21. The van der Waals surface area contributed by atoms with Crippen LogP contribution >= 0.6 is 0 Å². The fourth-order valence-electron chi connectivity index (χ4n) is 1.21. The molecular weight excluding hydrogens is 146 g/mol. The number of rotatable bonds is 1. The van der Waals surface area contributed by atoms with Crippen molar-refractivity contribution in [3.05, 3.63) is 0 Å². The van der Waals surface area contributed by atoms with Crippen molar-refractivity contribution in [2.24, 2.45) is 5.84 Å². The number of nitrogens with two attached hydrogens (primary N) is 1. The van der Waals surface area contributed by atoms with Crippen LogP contribution < -0.4 is 11.3 Å². The largest absolute Gasteiger partial charge is 0.334 e. The van der Waals surface area contributed by atoms with Gasteiger partial charge in [0, 0.05) is 13.5 Å². The minimum Gasteiger partial charge on any atom is -0.334 e. The third-order valence-corrected chi connectivity index (χ3v) is 1.94. The third-order valence-electron chi connectivity index (χ3n) is 1.94. The SMILES string of the molecule is CN1C(=O)CCC1C(=O)NN. The fraction of sp³-hybridized carbons (Fsp3) is 0.667. The van der Waals surface area contributed by atoms with Gasteiger partial charge in [0.1, 0.15) is 6.04 Å². The molecule has 1 fully saturated rings. The van der Waals surface area contributed by atoms with Gasteiger partial charge in [0.05, 0.1) is 0 Å². The quantitative estimate of drug-likeness (QED) is 0.279. The molecule has 1 rings (SSSR count). The number of nitrogens with zero attached hydrogens (tertiary/aromatic N) is 1. The summed E-state index contributed by atoms with van der Waals surface area (Å²) < 4.78 is 0. The summed E-state index contributed by atoms with van der Waals surface area (Å²) >= 11 is 0. The zero-order chi connectivity index (χ0) is 8.43. The summed E-state index contributed by atoms with van der Waals surface area (Å²) in [6, 6.07) is -0.368. The molecule has 2 amide bonds. The third kappa shape index (κ3) is 1.32. The predicted octanol–water partition coefficient (Wildman–Crippen LogP) is -1.40. The maximum Gasteiger partial charge on any atom is 0.256 e. The normalized spacial score (nSPS) is 24.0. The molecule has 5 nitrogen and oxygen atoms in total. The monoisotopic (exact) mass is 157 g/mol. The van der Waals surface area contributed by atoms with Crippen LogP contribution in [0.1, 0.15) is 12.8 Å².